The van der Waals surface area contributed by atoms with Crippen LogP contribution in [0.15, 0.2) is 24.3 Å². The van der Waals surface area contributed by atoms with Gasteiger partial charge in [-0.1, -0.05) is 19.1 Å². The van der Waals surface area contributed by atoms with Gasteiger partial charge in [0.2, 0.25) is 0 Å². The molecule has 1 aromatic carbocycles. The van der Waals surface area contributed by atoms with Gasteiger partial charge in [0.05, 0.1) is 18.8 Å². The number of ether oxygens (including phenoxy) is 1. The Morgan fingerprint density at radius 2 is 1.84 bits per heavy atom. The third-order valence-electron chi connectivity index (χ3n) is 2.84. The van der Waals surface area contributed by atoms with Crippen LogP contribution < -0.4 is 10.1 Å². The lowest BCUT2D eigenvalue weighted by Crippen LogP contribution is -2.53. The first-order valence-electron chi connectivity index (χ1n) is 6.27. The van der Waals surface area contributed by atoms with Crippen LogP contribution in [-0.2, 0) is 11.2 Å². The summed E-state index contributed by atoms with van der Waals surface area (Å²) in [4.78, 5) is 11.6. The van der Waals surface area contributed by atoms with Crippen LogP contribution in [0.3, 0.4) is 0 Å². The fourth-order valence-corrected chi connectivity index (χ4v) is 1.47. The summed E-state index contributed by atoms with van der Waals surface area (Å²) in [6, 6.07) is 7.50. The Hall–Kier alpha value is -1.59. The molecule has 3 N–H and O–H groups in total. The van der Waals surface area contributed by atoms with Gasteiger partial charge in [0.25, 0.3) is 5.91 Å². The van der Waals surface area contributed by atoms with Crippen molar-refractivity contribution in [2.75, 3.05) is 19.8 Å². The smallest absolute Gasteiger partial charge is 0.258 e. The number of benzene rings is 1. The standard InChI is InChI=1S/C14H21NO4/c1-3-11-4-6-12(7-5-11)19-8-13(18)15-14(2,9-16)10-17/h4-7,16-17H,3,8-10H2,1-2H3,(H,15,18). The van der Waals surface area contributed by atoms with E-state index in [9.17, 15) is 4.79 Å². The van der Waals surface area contributed by atoms with E-state index in [1.807, 2.05) is 24.3 Å². The number of rotatable bonds is 7. The van der Waals surface area contributed by atoms with E-state index in [1.54, 1.807) is 6.92 Å². The fraction of sp³-hybridized carbons (Fsp3) is 0.500. The first-order chi connectivity index (χ1) is 9.03. The minimum absolute atomic E-state index is 0.152. The zero-order valence-corrected chi connectivity index (χ0v) is 11.3. The van der Waals surface area contributed by atoms with Crippen molar-refractivity contribution in [2.45, 2.75) is 25.8 Å². The van der Waals surface area contributed by atoms with E-state index >= 15 is 0 Å². The highest BCUT2D eigenvalue weighted by Crippen LogP contribution is 2.12. The molecule has 0 radical (unpaired) electrons. The Balaban J connectivity index is 2.45. The lowest BCUT2D eigenvalue weighted by atomic mass is 10.1. The van der Waals surface area contributed by atoms with Gasteiger partial charge in [-0.2, -0.15) is 0 Å². The molecular formula is C14H21NO4. The van der Waals surface area contributed by atoms with E-state index in [0.717, 1.165) is 6.42 Å². The summed E-state index contributed by atoms with van der Waals surface area (Å²) >= 11 is 0. The van der Waals surface area contributed by atoms with Crippen LogP contribution in [0.1, 0.15) is 19.4 Å². The fourth-order valence-electron chi connectivity index (χ4n) is 1.47. The molecular weight excluding hydrogens is 246 g/mol. The molecule has 0 aromatic heterocycles. The predicted octanol–water partition coefficient (Wildman–Crippen LogP) is 0.487. The lowest BCUT2D eigenvalue weighted by Gasteiger charge is -2.26. The predicted molar refractivity (Wildman–Crippen MR) is 72.0 cm³/mol. The molecule has 1 rings (SSSR count). The van der Waals surface area contributed by atoms with Crippen LogP contribution in [0.2, 0.25) is 0 Å². The first kappa shape index (κ1) is 15.5. The van der Waals surface area contributed by atoms with Crippen LogP contribution in [0.25, 0.3) is 0 Å². The average molecular weight is 267 g/mol. The highest BCUT2D eigenvalue weighted by atomic mass is 16.5. The van der Waals surface area contributed by atoms with Crippen molar-refractivity contribution in [3.63, 3.8) is 0 Å². The maximum Gasteiger partial charge on any atom is 0.258 e. The van der Waals surface area contributed by atoms with Crippen molar-refractivity contribution in [2.24, 2.45) is 0 Å². The molecule has 0 unspecified atom stereocenters. The molecule has 0 atom stereocenters. The number of aliphatic hydroxyl groups is 2. The number of hydrogen-bond acceptors (Lipinski definition) is 4. The van der Waals surface area contributed by atoms with Crippen LogP contribution >= 0.6 is 0 Å². The van der Waals surface area contributed by atoms with Gasteiger partial charge in [0.1, 0.15) is 5.75 Å². The Morgan fingerprint density at radius 3 is 2.32 bits per heavy atom. The number of carbonyl (C=O) groups is 1. The molecule has 0 spiro atoms. The second-order valence-electron chi connectivity index (χ2n) is 4.71. The summed E-state index contributed by atoms with van der Waals surface area (Å²) in [5, 5.41) is 20.6. The molecule has 0 bridgehead atoms. The SMILES string of the molecule is CCc1ccc(OCC(=O)NC(C)(CO)CO)cc1. The molecule has 1 aromatic rings. The molecule has 0 saturated heterocycles. The molecule has 0 aliphatic heterocycles. The van der Waals surface area contributed by atoms with Gasteiger partial charge in [-0.3, -0.25) is 4.79 Å². The monoisotopic (exact) mass is 267 g/mol. The topological polar surface area (TPSA) is 78.8 Å². The van der Waals surface area contributed by atoms with Gasteiger partial charge >= 0.3 is 0 Å². The van der Waals surface area contributed by atoms with Crippen molar-refractivity contribution < 1.29 is 19.7 Å². The van der Waals surface area contributed by atoms with Gasteiger partial charge in [0, 0.05) is 0 Å². The van der Waals surface area contributed by atoms with Crippen molar-refractivity contribution in [3.8, 4) is 5.75 Å². The maximum absolute atomic E-state index is 11.6. The second-order valence-corrected chi connectivity index (χ2v) is 4.71. The quantitative estimate of drug-likeness (QED) is 0.671. The normalized spacial score (nSPS) is 11.2. The number of amides is 1. The Kier molecular flexibility index (Phi) is 5.79. The van der Waals surface area contributed by atoms with Crippen molar-refractivity contribution in [1.29, 1.82) is 0 Å². The molecule has 19 heavy (non-hydrogen) atoms. The molecule has 0 fully saturated rings. The highest BCUT2D eigenvalue weighted by Gasteiger charge is 2.24. The molecule has 5 heteroatoms. The maximum atomic E-state index is 11.6. The molecule has 0 saturated carbocycles. The molecule has 1 amide bonds. The van der Waals surface area contributed by atoms with Gasteiger partial charge in [0.15, 0.2) is 6.61 Å². The van der Waals surface area contributed by atoms with E-state index in [-0.39, 0.29) is 25.7 Å². The van der Waals surface area contributed by atoms with E-state index in [4.69, 9.17) is 14.9 Å². The molecule has 5 nitrogen and oxygen atoms in total. The summed E-state index contributed by atoms with van der Waals surface area (Å²) in [6.07, 6.45) is 0.951. The number of carbonyl (C=O) groups excluding carboxylic acids is 1. The summed E-state index contributed by atoms with van der Waals surface area (Å²) in [5.41, 5.74) is 0.178. The van der Waals surface area contributed by atoms with E-state index in [0.29, 0.717) is 5.75 Å². The average Bonchev–Trinajstić information content (AvgIpc) is 2.45. The van der Waals surface area contributed by atoms with Gasteiger partial charge in [-0.15, -0.1) is 0 Å². The molecule has 106 valence electrons. The van der Waals surface area contributed by atoms with E-state index < -0.39 is 5.54 Å². The van der Waals surface area contributed by atoms with Gasteiger partial charge < -0.3 is 20.3 Å². The van der Waals surface area contributed by atoms with E-state index in [1.165, 1.54) is 5.56 Å². The number of hydrogen-bond donors (Lipinski definition) is 3. The Labute approximate surface area is 113 Å². The summed E-state index contributed by atoms with van der Waals surface area (Å²) < 4.78 is 5.33. The van der Waals surface area contributed by atoms with Crippen LogP contribution in [-0.4, -0.2) is 41.5 Å². The third-order valence-corrected chi connectivity index (χ3v) is 2.84. The highest BCUT2D eigenvalue weighted by molar-refractivity contribution is 5.78. The van der Waals surface area contributed by atoms with Crippen molar-refractivity contribution in [1.82, 2.24) is 5.32 Å². The summed E-state index contributed by atoms with van der Waals surface area (Å²) in [5.74, 6) is 0.229. The largest absolute Gasteiger partial charge is 0.484 e. The van der Waals surface area contributed by atoms with Crippen molar-refractivity contribution in [3.05, 3.63) is 29.8 Å². The lowest BCUT2D eigenvalue weighted by molar-refractivity contribution is -0.126. The number of aryl methyl sites for hydroxylation is 1. The van der Waals surface area contributed by atoms with Crippen LogP contribution in [0.5, 0.6) is 5.75 Å². The number of nitrogens with one attached hydrogen (secondary N) is 1. The van der Waals surface area contributed by atoms with Crippen LogP contribution in [0.4, 0.5) is 0 Å². The molecule has 0 aliphatic carbocycles. The summed E-state index contributed by atoms with van der Waals surface area (Å²) in [6.45, 7) is 2.80. The minimum atomic E-state index is -1.02. The van der Waals surface area contributed by atoms with Crippen molar-refractivity contribution >= 4 is 5.91 Å². The Bertz CT molecular complexity index is 398. The molecule has 0 aliphatic rings. The number of aliphatic hydroxyl groups excluding tert-OH is 2. The summed E-state index contributed by atoms with van der Waals surface area (Å²) in [7, 11) is 0. The van der Waals surface area contributed by atoms with Gasteiger partial charge in [-0.25, -0.2) is 0 Å². The minimum Gasteiger partial charge on any atom is -0.484 e. The van der Waals surface area contributed by atoms with E-state index in [2.05, 4.69) is 12.2 Å². The zero-order chi connectivity index (χ0) is 14.3. The zero-order valence-electron chi connectivity index (χ0n) is 11.3. The Morgan fingerprint density at radius 1 is 1.26 bits per heavy atom. The molecule has 0 heterocycles. The van der Waals surface area contributed by atoms with Crippen LogP contribution in [0, 0.1) is 0 Å². The first-order valence-corrected chi connectivity index (χ1v) is 6.27. The second kappa shape index (κ2) is 7.11. The van der Waals surface area contributed by atoms with Gasteiger partial charge in [-0.05, 0) is 31.0 Å². The third kappa shape index (κ3) is 4.89.